The summed E-state index contributed by atoms with van der Waals surface area (Å²) in [4.78, 5) is 36.4. The Morgan fingerprint density at radius 1 is 0.946 bits per heavy atom. The molecule has 3 aromatic rings. The SMILES string of the molecule is CC(C)(CCCCOc1cc(F)c(-n2c(N)c(C(=O)c3ccc(F)cc3F)ccc2=O)c(F)c1)C(=O)O. The van der Waals surface area contributed by atoms with E-state index in [9.17, 15) is 31.9 Å². The quantitative estimate of drug-likeness (QED) is 0.224. The molecule has 3 N–H and O–H groups in total. The molecule has 2 aromatic carbocycles. The second-order valence-corrected chi connectivity index (χ2v) is 8.99. The molecule has 0 saturated heterocycles. The third-order valence-electron chi connectivity index (χ3n) is 5.81. The Morgan fingerprint density at radius 2 is 1.57 bits per heavy atom. The van der Waals surface area contributed by atoms with Gasteiger partial charge in [0.15, 0.2) is 17.4 Å². The largest absolute Gasteiger partial charge is 0.493 e. The van der Waals surface area contributed by atoms with Gasteiger partial charge in [-0.1, -0.05) is 0 Å². The number of carboxylic acids is 1. The zero-order chi connectivity index (χ0) is 27.5. The maximum atomic E-state index is 15.0. The maximum absolute atomic E-state index is 15.0. The number of ether oxygens (including phenoxy) is 1. The first-order chi connectivity index (χ1) is 17.3. The van der Waals surface area contributed by atoms with Crippen molar-refractivity contribution < 1.29 is 37.0 Å². The molecular weight excluding hydrogens is 496 g/mol. The van der Waals surface area contributed by atoms with Crippen molar-refractivity contribution >= 4 is 17.6 Å². The van der Waals surface area contributed by atoms with E-state index in [-0.39, 0.29) is 12.4 Å². The van der Waals surface area contributed by atoms with E-state index in [1.165, 1.54) is 0 Å². The zero-order valence-corrected chi connectivity index (χ0v) is 20.0. The Bertz CT molecular complexity index is 1400. The molecule has 0 atom stereocenters. The number of nitrogens with two attached hydrogens (primary N) is 1. The highest BCUT2D eigenvalue weighted by molar-refractivity contribution is 6.11. The van der Waals surface area contributed by atoms with Gasteiger partial charge in [-0.05, 0) is 51.3 Å². The average molecular weight is 520 g/mol. The molecule has 0 amide bonds. The molecule has 0 bridgehead atoms. The van der Waals surface area contributed by atoms with Crippen LogP contribution in [0, 0.1) is 28.7 Å². The van der Waals surface area contributed by atoms with E-state index in [1.54, 1.807) is 13.8 Å². The fourth-order valence-corrected chi connectivity index (χ4v) is 3.60. The molecule has 1 aromatic heterocycles. The number of nitrogen functional groups attached to an aromatic ring is 1. The minimum atomic E-state index is -1.21. The van der Waals surface area contributed by atoms with Gasteiger partial charge in [-0.3, -0.25) is 19.0 Å². The van der Waals surface area contributed by atoms with E-state index < -0.39 is 68.6 Å². The summed E-state index contributed by atoms with van der Waals surface area (Å²) in [6.07, 6.45) is 1.31. The highest BCUT2D eigenvalue weighted by Gasteiger charge is 2.26. The van der Waals surface area contributed by atoms with E-state index in [1.807, 2.05) is 0 Å². The van der Waals surface area contributed by atoms with E-state index in [0.717, 1.165) is 36.4 Å². The number of carbonyl (C=O) groups excluding carboxylic acids is 1. The normalized spacial score (nSPS) is 11.4. The number of anilines is 1. The van der Waals surface area contributed by atoms with Gasteiger partial charge in [0, 0.05) is 24.3 Å². The predicted molar refractivity (Wildman–Crippen MR) is 127 cm³/mol. The molecule has 0 spiro atoms. The predicted octanol–water partition coefficient (Wildman–Crippen LogP) is 4.87. The van der Waals surface area contributed by atoms with Crippen molar-refractivity contribution in [1.29, 1.82) is 0 Å². The number of nitrogens with zero attached hydrogens (tertiary/aromatic N) is 1. The van der Waals surface area contributed by atoms with Gasteiger partial charge in [-0.15, -0.1) is 0 Å². The molecule has 3 rings (SSSR count). The van der Waals surface area contributed by atoms with E-state index >= 15 is 0 Å². The molecule has 1 heterocycles. The van der Waals surface area contributed by atoms with Crippen LogP contribution in [0.15, 0.2) is 47.3 Å². The molecule has 0 radical (unpaired) electrons. The number of unbranched alkanes of at least 4 members (excludes halogenated alkanes) is 1. The van der Waals surface area contributed by atoms with Gasteiger partial charge in [0.05, 0.1) is 23.1 Å². The number of hydrogen-bond acceptors (Lipinski definition) is 5. The summed E-state index contributed by atoms with van der Waals surface area (Å²) in [5, 5.41) is 9.13. The van der Waals surface area contributed by atoms with Gasteiger partial charge in [0.2, 0.25) is 0 Å². The summed E-state index contributed by atoms with van der Waals surface area (Å²) in [5.74, 6) is -7.29. The van der Waals surface area contributed by atoms with Gasteiger partial charge in [0.1, 0.15) is 28.9 Å². The van der Waals surface area contributed by atoms with Crippen LogP contribution in [-0.4, -0.2) is 28.0 Å². The summed E-state index contributed by atoms with van der Waals surface area (Å²) in [5.41, 5.74) is 2.21. The number of aromatic nitrogens is 1. The van der Waals surface area contributed by atoms with Crippen molar-refractivity contribution in [2.45, 2.75) is 33.1 Å². The first-order valence-corrected chi connectivity index (χ1v) is 11.2. The molecule has 0 unspecified atom stereocenters. The molecule has 0 saturated carbocycles. The Kier molecular flexibility index (Phi) is 8.05. The zero-order valence-electron chi connectivity index (χ0n) is 20.0. The lowest BCUT2D eigenvalue weighted by atomic mass is 9.87. The number of halogens is 4. The van der Waals surface area contributed by atoms with E-state index in [0.29, 0.717) is 29.9 Å². The maximum Gasteiger partial charge on any atom is 0.309 e. The molecule has 7 nitrogen and oxygen atoms in total. The number of carbonyl (C=O) groups is 2. The summed E-state index contributed by atoms with van der Waals surface area (Å²) in [6, 6.07) is 5.72. The van der Waals surface area contributed by atoms with Gasteiger partial charge >= 0.3 is 5.97 Å². The first kappa shape index (κ1) is 27.4. The standard InChI is InChI=1S/C26H24F4N2O5/c1-26(2,25(35)36)9-3-4-10-37-15-12-19(29)22(20(30)13-15)32-21(33)8-7-17(24(32)31)23(34)16-6-5-14(27)11-18(16)28/h5-8,11-13H,3-4,9-10,31H2,1-2H3,(H,35,36). The molecular formula is C26H24F4N2O5. The number of aliphatic carboxylic acids is 1. The average Bonchev–Trinajstić information content (AvgIpc) is 2.80. The van der Waals surface area contributed by atoms with Gasteiger partial charge in [0.25, 0.3) is 5.56 Å². The number of ketones is 1. The summed E-state index contributed by atoms with van der Waals surface area (Å²) in [7, 11) is 0. The van der Waals surface area contributed by atoms with Gasteiger partial charge in [-0.25, -0.2) is 17.6 Å². The number of rotatable bonds is 10. The Morgan fingerprint density at radius 3 is 2.16 bits per heavy atom. The fraction of sp³-hybridized carbons (Fsp3) is 0.269. The number of carboxylic acid groups (broad SMARTS) is 1. The van der Waals surface area contributed by atoms with Crippen molar-refractivity contribution in [3.63, 3.8) is 0 Å². The van der Waals surface area contributed by atoms with Crippen molar-refractivity contribution in [2.24, 2.45) is 5.41 Å². The van der Waals surface area contributed by atoms with Crippen molar-refractivity contribution in [1.82, 2.24) is 4.57 Å². The third-order valence-corrected chi connectivity index (χ3v) is 5.81. The highest BCUT2D eigenvalue weighted by Crippen LogP contribution is 2.28. The lowest BCUT2D eigenvalue weighted by molar-refractivity contribution is -0.147. The Hall–Kier alpha value is -4.15. The molecule has 11 heteroatoms. The minimum absolute atomic E-state index is 0.0588. The summed E-state index contributed by atoms with van der Waals surface area (Å²) in [6.45, 7) is 3.24. The van der Waals surface area contributed by atoms with Crippen LogP contribution in [-0.2, 0) is 4.79 Å². The lowest BCUT2D eigenvalue weighted by Crippen LogP contribution is -2.25. The van der Waals surface area contributed by atoms with Crippen molar-refractivity contribution in [3.05, 3.63) is 87.2 Å². The summed E-state index contributed by atoms with van der Waals surface area (Å²) >= 11 is 0. The van der Waals surface area contributed by atoms with Crippen LogP contribution in [0.5, 0.6) is 5.75 Å². The minimum Gasteiger partial charge on any atom is -0.493 e. The first-order valence-electron chi connectivity index (χ1n) is 11.2. The van der Waals surface area contributed by atoms with Crippen LogP contribution in [0.1, 0.15) is 49.0 Å². The number of benzene rings is 2. The lowest BCUT2D eigenvalue weighted by Gasteiger charge is -2.18. The van der Waals surface area contributed by atoms with Crippen LogP contribution in [0.3, 0.4) is 0 Å². The van der Waals surface area contributed by atoms with E-state index in [2.05, 4.69) is 0 Å². The summed E-state index contributed by atoms with van der Waals surface area (Å²) < 4.78 is 63.0. The fourth-order valence-electron chi connectivity index (χ4n) is 3.60. The number of hydrogen-bond donors (Lipinski definition) is 2. The number of pyridine rings is 1. The van der Waals surface area contributed by atoms with Crippen molar-refractivity contribution in [3.8, 4) is 11.4 Å². The Labute approximate surface area is 209 Å². The van der Waals surface area contributed by atoms with Crippen LogP contribution in [0.2, 0.25) is 0 Å². The smallest absolute Gasteiger partial charge is 0.309 e. The molecule has 0 aliphatic heterocycles. The Balaban J connectivity index is 1.85. The second kappa shape index (κ2) is 10.9. The molecule has 0 fully saturated rings. The second-order valence-electron chi connectivity index (χ2n) is 8.99. The van der Waals surface area contributed by atoms with Crippen LogP contribution < -0.4 is 16.0 Å². The molecule has 196 valence electrons. The van der Waals surface area contributed by atoms with Crippen LogP contribution in [0.4, 0.5) is 23.4 Å². The van der Waals surface area contributed by atoms with E-state index in [4.69, 9.17) is 15.6 Å². The van der Waals surface area contributed by atoms with Crippen molar-refractivity contribution in [2.75, 3.05) is 12.3 Å². The topological polar surface area (TPSA) is 112 Å². The molecule has 0 aliphatic carbocycles. The van der Waals surface area contributed by atoms with Crippen LogP contribution in [0.25, 0.3) is 5.69 Å². The monoisotopic (exact) mass is 520 g/mol. The van der Waals surface area contributed by atoms with Crippen LogP contribution >= 0.6 is 0 Å². The highest BCUT2D eigenvalue weighted by atomic mass is 19.1. The van der Waals surface area contributed by atoms with Gasteiger partial charge < -0.3 is 15.6 Å². The molecule has 37 heavy (non-hydrogen) atoms. The molecule has 0 aliphatic rings. The van der Waals surface area contributed by atoms with Gasteiger partial charge in [-0.2, -0.15) is 0 Å². The third kappa shape index (κ3) is 5.99.